The minimum atomic E-state index is -0.810. The molecule has 8 heteroatoms. The first kappa shape index (κ1) is 17.7. The molecule has 1 aromatic heterocycles. The fourth-order valence-corrected chi connectivity index (χ4v) is 4.04. The zero-order chi connectivity index (χ0) is 18.1. The molecule has 1 aliphatic heterocycles. The molecule has 1 N–H and O–H groups in total. The van der Waals surface area contributed by atoms with E-state index in [4.69, 9.17) is 0 Å². The van der Waals surface area contributed by atoms with Crippen LogP contribution in [0.5, 0.6) is 0 Å². The number of carbonyl (C=O) groups excluding carboxylic acids is 3. The number of anilines is 1. The van der Waals surface area contributed by atoms with Crippen LogP contribution in [0.4, 0.5) is 5.13 Å². The van der Waals surface area contributed by atoms with Gasteiger partial charge in [0.25, 0.3) is 0 Å². The zero-order valence-electron chi connectivity index (χ0n) is 14.6. The average molecular weight is 362 g/mol. The lowest BCUT2D eigenvalue weighted by Gasteiger charge is -2.26. The zero-order valence-corrected chi connectivity index (χ0v) is 15.4. The summed E-state index contributed by atoms with van der Waals surface area (Å²) in [4.78, 5) is 39.6. The van der Waals surface area contributed by atoms with Crippen LogP contribution in [-0.4, -0.2) is 38.9 Å². The summed E-state index contributed by atoms with van der Waals surface area (Å²) in [5.74, 6) is -1.33. The van der Waals surface area contributed by atoms with Crippen LogP contribution in [0.2, 0.25) is 0 Å². The molecule has 1 aliphatic carbocycles. The van der Waals surface area contributed by atoms with E-state index in [0.717, 1.165) is 5.01 Å². The highest BCUT2D eigenvalue weighted by Gasteiger charge is 2.51. The van der Waals surface area contributed by atoms with Crippen molar-refractivity contribution in [3.63, 3.8) is 0 Å². The number of amides is 3. The van der Waals surface area contributed by atoms with E-state index in [1.807, 2.05) is 26.0 Å². The quantitative estimate of drug-likeness (QED) is 0.640. The first-order valence-electron chi connectivity index (χ1n) is 8.51. The first-order valence-corrected chi connectivity index (χ1v) is 9.33. The van der Waals surface area contributed by atoms with Crippen LogP contribution in [-0.2, 0) is 14.4 Å². The minimum Gasteiger partial charge on any atom is -0.299 e. The highest BCUT2D eigenvalue weighted by Crippen LogP contribution is 2.37. The minimum absolute atomic E-state index is 0.160. The van der Waals surface area contributed by atoms with Crippen LogP contribution < -0.4 is 5.32 Å². The summed E-state index contributed by atoms with van der Waals surface area (Å²) in [6.45, 7) is 5.73. The smallest absolute Gasteiger partial charge is 0.249 e. The summed E-state index contributed by atoms with van der Waals surface area (Å²) in [5, 5.41) is 11.6. The molecule has 7 nitrogen and oxygen atoms in total. The van der Waals surface area contributed by atoms with Crippen molar-refractivity contribution >= 4 is 34.2 Å². The molecular formula is C17H22N4O3S. The second kappa shape index (κ2) is 7.03. The number of likely N-dealkylation sites (tertiary alicyclic amines) is 1. The predicted molar refractivity (Wildman–Crippen MR) is 93.7 cm³/mol. The van der Waals surface area contributed by atoms with Gasteiger partial charge in [-0.25, -0.2) is 0 Å². The number of rotatable bonds is 5. The van der Waals surface area contributed by atoms with Gasteiger partial charge in [-0.3, -0.25) is 24.6 Å². The third-order valence-electron chi connectivity index (χ3n) is 4.61. The van der Waals surface area contributed by atoms with Gasteiger partial charge in [0.05, 0.1) is 11.8 Å². The maximum absolute atomic E-state index is 12.8. The number of imide groups is 1. The standard InChI is InChI=1S/C17H22N4O3S/c1-9(2)8-13(14(22)18-17-20-19-10(3)25-17)21-15(23)11-6-4-5-7-12(11)16(21)24/h4-5,9,11-13H,6-8H2,1-3H3,(H,18,20,22). The van der Waals surface area contributed by atoms with Gasteiger partial charge < -0.3 is 0 Å². The number of nitrogens with zero attached hydrogens (tertiary/aromatic N) is 3. The first-order chi connectivity index (χ1) is 11.9. The van der Waals surface area contributed by atoms with E-state index in [1.54, 1.807) is 6.92 Å². The van der Waals surface area contributed by atoms with Crippen LogP contribution >= 0.6 is 11.3 Å². The molecule has 2 heterocycles. The van der Waals surface area contributed by atoms with Crippen molar-refractivity contribution in [1.29, 1.82) is 0 Å². The summed E-state index contributed by atoms with van der Waals surface area (Å²) < 4.78 is 0. The Hall–Kier alpha value is -2.09. The second-order valence-electron chi connectivity index (χ2n) is 6.96. The molecule has 0 saturated carbocycles. The fraction of sp³-hybridized carbons (Fsp3) is 0.588. The molecule has 1 fully saturated rings. The molecule has 0 aromatic carbocycles. The number of hydrogen-bond donors (Lipinski definition) is 1. The van der Waals surface area contributed by atoms with Crippen molar-refractivity contribution in [1.82, 2.24) is 15.1 Å². The number of hydrogen-bond acceptors (Lipinski definition) is 6. The predicted octanol–water partition coefficient (Wildman–Crippen LogP) is 2.15. The van der Waals surface area contributed by atoms with E-state index < -0.39 is 6.04 Å². The van der Waals surface area contributed by atoms with E-state index in [-0.39, 0.29) is 35.5 Å². The second-order valence-corrected chi connectivity index (χ2v) is 8.14. The van der Waals surface area contributed by atoms with Gasteiger partial charge in [-0.2, -0.15) is 0 Å². The molecular weight excluding hydrogens is 340 g/mol. The Kier molecular flexibility index (Phi) is 4.99. The van der Waals surface area contributed by atoms with Crippen LogP contribution in [0.1, 0.15) is 38.1 Å². The van der Waals surface area contributed by atoms with E-state index in [9.17, 15) is 14.4 Å². The van der Waals surface area contributed by atoms with Gasteiger partial charge in [0, 0.05) is 0 Å². The van der Waals surface area contributed by atoms with Crippen LogP contribution in [0, 0.1) is 24.7 Å². The number of allylic oxidation sites excluding steroid dienone is 2. The molecule has 25 heavy (non-hydrogen) atoms. The summed E-state index contributed by atoms with van der Waals surface area (Å²) in [7, 11) is 0. The summed E-state index contributed by atoms with van der Waals surface area (Å²) >= 11 is 1.26. The number of carbonyl (C=O) groups is 3. The van der Waals surface area contributed by atoms with Gasteiger partial charge in [0.2, 0.25) is 22.9 Å². The topological polar surface area (TPSA) is 92.3 Å². The van der Waals surface area contributed by atoms with Crippen molar-refractivity contribution in [3.8, 4) is 0 Å². The highest BCUT2D eigenvalue weighted by molar-refractivity contribution is 7.15. The molecule has 3 amide bonds. The van der Waals surface area contributed by atoms with Gasteiger partial charge in [-0.15, -0.1) is 10.2 Å². The van der Waals surface area contributed by atoms with Crippen LogP contribution in [0.25, 0.3) is 0 Å². The largest absolute Gasteiger partial charge is 0.299 e. The van der Waals surface area contributed by atoms with Crippen LogP contribution in [0.3, 0.4) is 0 Å². The number of fused-ring (bicyclic) bond motifs is 1. The summed E-state index contributed by atoms with van der Waals surface area (Å²) in [6.07, 6.45) is 5.44. The van der Waals surface area contributed by atoms with Gasteiger partial charge in [0.15, 0.2) is 0 Å². The van der Waals surface area contributed by atoms with Gasteiger partial charge in [-0.05, 0) is 32.1 Å². The molecule has 1 aromatic rings. The average Bonchev–Trinajstić information content (AvgIpc) is 3.08. The lowest BCUT2D eigenvalue weighted by molar-refractivity contribution is -0.147. The van der Waals surface area contributed by atoms with E-state index in [0.29, 0.717) is 24.4 Å². The molecule has 0 spiro atoms. The number of nitrogens with one attached hydrogen (secondary N) is 1. The Morgan fingerprint density at radius 2 is 1.84 bits per heavy atom. The lowest BCUT2D eigenvalue weighted by atomic mass is 9.85. The van der Waals surface area contributed by atoms with E-state index >= 15 is 0 Å². The molecule has 0 bridgehead atoms. The van der Waals surface area contributed by atoms with Gasteiger partial charge >= 0.3 is 0 Å². The van der Waals surface area contributed by atoms with Crippen LogP contribution in [0.15, 0.2) is 12.2 Å². The van der Waals surface area contributed by atoms with Crippen molar-refractivity contribution in [2.45, 2.75) is 46.1 Å². The normalized spacial score (nSPS) is 23.9. The maximum atomic E-state index is 12.8. The van der Waals surface area contributed by atoms with Crippen molar-refractivity contribution in [2.75, 3.05) is 5.32 Å². The maximum Gasteiger partial charge on any atom is 0.249 e. The van der Waals surface area contributed by atoms with Gasteiger partial charge in [-0.1, -0.05) is 37.3 Å². The van der Waals surface area contributed by atoms with Gasteiger partial charge in [0.1, 0.15) is 11.0 Å². The highest BCUT2D eigenvalue weighted by atomic mass is 32.1. The Balaban J connectivity index is 1.83. The van der Waals surface area contributed by atoms with Crippen molar-refractivity contribution in [3.05, 3.63) is 17.2 Å². The molecule has 3 unspecified atom stereocenters. The SMILES string of the molecule is Cc1nnc(NC(=O)C(CC(C)C)N2C(=O)C3CC=CCC3C2=O)s1. The number of aromatic nitrogens is 2. The van der Waals surface area contributed by atoms with E-state index in [2.05, 4.69) is 15.5 Å². The Morgan fingerprint density at radius 3 is 2.32 bits per heavy atom. The molecule has 2 aliphatic rings. The Labute approximate surface area is 150 Å². The third kappa shape index (κ3) is 3.49. The van der Waals surface area contributed by atoms with Crippen molar-refractivity contribution < 1.29 is 14.4 Å². The third-order valence-corrected chi connectivity index (χ3v) is 5.36. The molecule has 1 saturated heterocycles. The monoisotopic (exact) mass is 362 g/mol. The number of aryl methyl sites for hydroxylation is 1. The Morgan fingerprint density at radius 1 is 1.24 bits per heavy atom. The summed E-state index contributed by atoms with van der Waals surface area (Å²) in [6, 6.07) is -0.810. The molecule has 0 radical (unpaired) electrons. The summed E-state index contributed by atoms with van der Waals surface area (Å²) in [5.41, 5.74) is 0. The lowest BCUT2D eigenvalue weighted by Crippen LogP contribution is -2.48. The fourth-order valence-electron chi connectivity index (χ4n) is 3.45. The Bertz CT molecular complexity index is 701. The molecule has 134 valence electrons. The van der Waals surface area contributed by atoms with E-state index in [1.165, 1.54) is 16.2 Å². The van der Waals surface area contributed by atoms with Crippen molar-refractivity contribution in [2.24, 2.45) is 17.8 Å². The molecule has 3 atom stereocenters. The molecule has 3 rings (SSSR count).